The predicted octanol–water partition coefficient (Wildman–Crippen LogP) is 0.896. The molecule has 0 aliphatic carbocycles. The molecule has 0 aromatic heterocycles. The van der Waals surface area contributed by atoms with Crippen LogP contribution in [0.3, 0.4) is 0 Å². The van der Waals surface area contributed by atoms with E-state index in [0.29, 0.717) is 19.6 Å². The minimum Gasteiger partial charge on any atom is -0.347 e. The monoisotopic (exact) mass is 238 g/mol. The summed E-state index contributed by atoms with van der Waals surface area (Å²) in [6, 6.07) is 0. The topological polar surface area (TPSA) is 61.8 Å². The molecule has 0 atom stereocenters. The van der Waals surface area contributed by atoms with E-state index >= 15 is 0 Å². The van der Waals surface area contributed by atoms with Crippen molar-refractivity contribution in [3.05, 3.63) is 0 Å². The lowest BCUT2D eigenvalue weighted by atomic mass is 10.1. The van der Waals surface area contributed by atoms with Gasteiger partial charge in [-0.1, -0.05) is 13.3 Å². The van der Waals surface area contributed by atoms with Crippen molar-refractivity contribution >= 4 is 10.1 Å². The van der Waals surface area contributed by atoms with Crippen molar-refractivity contribution in [1.29, 1.82) is 0 Å². The standard InChI is InChI=1S/C9H18O5S/c1-3-4-9(12-7-8-13-9)5-6-14-15(2,10)11/h3-8H2,1-2H3. The number of rotatable bonds is 6. The quantitative estimate of drug-likeness (QED) is 0.643. The normalized spacial score (nSPS) is 20.7. The van der Waals surface area contributed by atoms with Gasteiger partial charge in [-0.05, 0) is 0 Å². The molecular formula is C9H18O5S. The van der Waals surface area contributed by atoms with Gasteiger partial charge in [0.15, 0.2) is 5.79 Å². The van der Waals surface area contributed by atoms with Gasteiger partial charge in [-0.25, -0.2) is 0 Å². The van der Waals surface area contributed by atoms with Crippen LogP contribution in [0.5, 0.6) is 0 Å². The maximum Gasteiger partial charge on any atom is 0.264 e. The number of hydrogen-bond acceptors (Lipinski definition) is 5. The Morgan fingerprint density at radius 1 is 1.27 bits per heavy atom. The average Bonchev–Trinajstić information content (AvgIpc) is 2.52. The third-order valence-corrected chi connectivity index (χ3v) is 2.82. The second kappa shape index (κ2) is 5.25. The van der Waals surface area contributed by atoms with Crippen molar-refractivity contribution in [1.82, 2.24) is 0 Å². The predicted molar refractivity (Wildman–Crippen MR) is 55.0 cm³/mol. The van der Waals surface area contributed by atoms with Crippen molar-refractivity contribution in [2.75, 3.05) is 26.1 Å². The molecular weight excluding hydrogens is 220 g/mol. The van der Waals surface area contributed by atoms with Gasteiger partial charge in [0, 0.05) is 12.8 Å². The second-order valence-electron chi connectivity index (χ2n) is 3.63. The fourth-order valence-electron chi connectivity index (χ4n) is 1.64. The lowest BCUT2D eigenvalue weighted by Gasteiger charge is -2.26. The third-order valence-electron chi connectivity index (χ3n) is 2.22. The van der Waals surface area contributed by atoms with Crippen molar-refractivity contribution < 1.29 is 22.1 Å². The number of ether oxygens (including phenoxy) is 2. The highest BCUT2D eigenvalue weighted by Gasteiger charge is 2.35. The van der Waals surface area contributed by atoms with Crippen LogP contribution in [0, 0.1) is 0 Å². The van der Waals surface area contributed by atoms with Gasteiger partial charge in [-0.15, -0.1) is 0 Å². The van der Waals surface area contributed by atoms with Gasteiger partial charge in [0.2, 0.25) is 0 Å². The summed E-state index contributed by atoms with van der Waals surface area (Å²) in [6.45, 7) is 3.28. The molecule has 0 bridgehead atoms. The van der Waals surface area contributed by atoms with E-state index in [1.165, 1.54) is 0 Å². The molecule has 0 radical (unpaired) electrons. The molecule has 0 aromatic rings. The van der Waals surface area contributed by atoms with Crippen molar-refractivity contribution in [3.63, 3.8) is 0 Å². The Labute approximate surface area is 90.8 Å². The van der Waals surface area contributed by atoms with Crippen molar-refractivity contribution in [2.45, 2.75) is 32.0 Å². The van der Waals surface area contributed by atoms with Crippen LogP contribution < -0.4 is 0 Å². The fraction of sp³-hybridized carbons (Fsp3) is 1.00. The van der Waals surface area contributed by atoms with Gasteiger partial charge in [-0.3, -0.25) is 4.18 Å². The zero-order chi connectivity index (χ0) is 11.4. The smallest absolute Gasteiger partial charge is 0.264 e. The highest BCUT2D eigenvalue weighted by Crippen LogP contribution is 2.28. The van der Waals surface area contributed by atoms with Gasteiger partial charge in [0.1, 0.15) is 0 Å². The Hall–Kier alpha value is -0.170. The molecule has 0 aromatic carbocycles. The second-order valence-corrected chi connectivity index (χ2v) is 5.28. The van der Waals surface area contributed by atoms with Crippen LogP contribution >= 0.6 is 0 Å². The Bertz CT molecular complexity index is 279. The molecule has 0 unspecified atom stereocenters. The molecule has 1 saturated heterocycles. The zero-order valence-electron chi connectivity index (χ0n) is 9.19. The van der Waals surface area contributed by atoms with E-state index in [2.05, 4.69) is 4.18 Å². The minimum absolute atomic E-state index is 0.110. The van der Waals surface area contributed by atoms with E-state index in [1.54, 1.807) is 0 Å². The molecule has 0 amide bonds. The van der Waals surface area contributed by atoms with Crippen molar-refractivity contribution in [3.8, 4) is 0 Å². The molecule has 0 saturated carbocycles. The maximum absolute atomic E-state index is 10.8. The van der Waals surface area contributed by atoms with Crippen LogP contribution in [0.1, 0.15) is 26.2 Å². The van der Waals surface area contributed by atoms with Gasteiger partial charge in [0.05, 0.1) is 26.1 Å². The maximum atomic E-state index is 10.8. The Balaban J connectivity index is 2.39. The Morgan fingerprint density at radius 3 is 2.33 bits per heavy atom. The first kappa shape index (κ1) is 12.9. The molecule has 0 spiro atoms. The largest absolute Gasteiger partial charge is 0.347 e. The van der Waals surface area contributed by atoms with E-state index < -0.39 is 15.9 Å². The lowest BCUT2D eigenvalue weighted by Crippen LogP contribution is -2.31. The molecule has 0 N–H and O–H groups in total. The molecule has 15 heavy (non-hydrogen) atoms. The average molecular weight is 238 g/mol. The third kappa shape index (κ3) is 4.46. The van der Waals surface area contributed by atoms with Gasteiger partial charge < -0.3 is 9.47 Å². The Kier molecular flexibility index (Phi) is 4.51. The summed E-state index contributed by atoms with van der Waals surface area (Å²) in [5, 5.41) is 0. The van der Waals surface area contributed by atoms with Crippen LogP contribution in [0.2, 0.25) is 0 Å². The minimum atomic E-state index is -3.37. The van der Waals surface area contributed by atoms with E-state index in [1.807, 2.05) is 6.92 Å². The van der Waals surface area contributed by atoms with E-state index in [-0.39, 0.29) is 6.61 Å². The fourth-order valence-corrected chi connectivity index (χ4v) is 2.03. The first-order valence-corrected chi connectivity index (χ1v) is 6.91. The zero-order valence-corrected chi connectivity index (χ0v) is 10.0. The summed E-state index contributed by atoms with van der Waals surface area (Å²) in [6.07, 6.45) is 3.18. The van der Waals surface area contributed by atoms with E-state index in [4.69, 9.17) is 9.47 Å². The highest BCUT2D eigenvalue weighted by molar-refractivity contribution is 7.85. The summed E-state index contributed by atoms with van der Waals surface area (Å²) in [5.41, 5.74) is 0. The molecule has 1 aliphatic heterocycles. The van der Waals surface area contributed by atoms with Crippen LogP contribution in [-0.2, 0) is 23.8 Å². The first-order valence-electron chi connectivity index (χ1n) is 5.10. The highest BCUT2D eigenvalue weighted by atomic mass is 32.2. The van der Waals surface area contributed by atoms with Crippen LogP contribution in [0.25, 0.3) is 0 Å². The van der Waals surface area contributed by atoms with Crippen LogP contribution in [0.4, 0.5) is 0 Å². The van der Waals surface area contributed by atoms with Crippen LogP contribution in [-0.4, -0.2) is 40.3 Å². The van der Waals surface area contributed by atoms with Crippen LogP contribution in [0.15, 0.2) is 0 Å². The van der Waals surface area contributed by atoms with Gasteiger partial charge >= 0.3 is 0 Å². The summed E-state index contributed by atoms with van der Waals surface area (Å²) < 4.78 is 37.2. The molecule has 1 rings (SSSR count). The number of hydrogen-bond donors (Lipinski definition) is 0. The molecule has 1 aliphatic rings. The molecule has 6 heteroatoms. The molecule has 5 nitrogen and oxygen atoms in total. The lowest BCUT2D eigenvalue weighted by molar-refractivity contribution is -0.170. The van der Waals surface area contributed by atoms with Gasteiger partial charge in [-0.2, -0.15) is 8.42 Å². The molecule has 90 valence electrons. The van der Waals surface area contributed by atoms with Gasteiger partial charge in [0.25, 0.3) is 10.1 Å². The summed E-state index contributed by atoms with van der Waals surface area (Å²) in [7, 11) is -3.37. The summed E-state index contributed by atoms with van der Waals surface area (Å²) in [4.78, 5) is 0. The Morgan fingerprint density at radius 2 is 1.87 bits per heavy atom. The van der Waals surface area contributed by atoms with Crippen molar-refractivity contribution in [2.24, 2.45) is 0 Å². The summed E-state index contributed by atoms with van der Waals surface area (Å²) in [5.74, 6) is -0.626. The SMILES string of the molecule is CCCC1(CCOS(C)(=O)=O)OCCO1. The van der Waals surface area contributed by atoms with E-state index in [0.717, 1.165) is 19.1 Å². The first-order chi connectivity index (χ1) is 6.97. The summed E-state index contributed by atoms with van der Waals surface area (Å²) >= 11 is 0. The van der Waals surface area contributed by atoms with E-state index in [9.17, 15) is 8.42 Å². The molecule has 1 heterocycles. The molecule has 1 fully saturated rings.